The molecule has 19 heavy (non-hydrogen) atoms. The van der Waals surface area contributed by atoms with Crippen LogP contribution in [0.3, 0.4) is 0 Å². The Kier molecular flexibility index (Phi) is 3.64. The summed E-state index contributed by atoms with van der Waals surface area (Å²) in [5.74, 6) is -0.496. The number of sulfonamides is 1. The quantitative estimate of drug-likeness (QED) is 0.741. The molecular weight excluding hydrogens is 270 g/mol. The molecule has 1 aromatic rings. The molecule has 7 nitrogen and oxygen atoms in total. The maximum absolute atomic E-state index is 12.2. The normalized spacial score (nSPS) is 18.6. The molecule has 1 aromatic heterocycles. The minimum absolute atomic E-state index is 0.0262. The zero-order chi connectivity index (χ0) is 14.1. The molecule has 0 amide bonds. The minimum atomic E-state index is -3.76. The first kappa shape index (κ1) is 14.0. The van der Waals surface area contributed by atoms with Gasteiger partial charge in [0.15, 0.2) is 5.03 Å². The highest BCUT2D eigenvalue weighted by molar-refractivity contribution is 7.89. The van der Waals surface area contributed by atoms with E-state index in [0.29, 0.717) is 18.7 Å². The summed E-state index contributed by atoms with van der Waals surface area (Å²) in [5.41, 5.74) is -0.871. The van der Waals surface area contributed by atoms with Crippen molar-refractivity contribution in [1.82, 2.24) is 14.7 Å². The van der Waals surface area contributed by atoms with Crippen LogP contribution >= 0.6 is 0 Å². The highest BCUT2D eigenvalue weighted by Gasteiger charge is 2.40. The van der Waals surface area contributed by atoms with Gasteiger partial charge in [0, 0.05) is 5.54 Å². The Balaban J connectivity index is 2.24. The lowest BCUT2D eigenvalue weighted by Gasteiger charge is -2.27. The number of nitrogens with one attached hydrogen (secondary N) is 2. The largest absolute Gasteiger partial charge is 0.481 e. The number of aliphatic carboxylic acids is 1. The lowest BCUT2D eigenvalue weighted by molar-refractivity contribution is -0.138. The second-order valence-corrected chi connectivity index (χ2v) is 6.65. The van der Waals surface area contributed by atoms with Crippen molar-refractivity contribution < 1.29 is 18.3 Å². The lowest BCUT2D eigenvalue weighted by atomic mass is 9.95. The second-order valence-electron chi connectivity index (χ2n) is 5.00. The van der Waals surface area contributed by atoms with E-state index in [1.807, 2.05) is 0 Å². The van der Waals surface area contributed by atoms with Crippen LogP contribution in [0.1, 0.15) is 37.9 Å². The van der Waals surface area contributed by atoms with Gasteiger partial charge in [-0.25, -0.2) is 18.1 Å². The van der Waals surface area contributed by atoms with Gasteiger partial charge in [0.25, 0.3) is 10.0 Å². The fourth-order valence-corrected chi connectivity index (χ4v) is 3.96. The van der Waals surface area contributed by atoms with Crippen LogP contribution in [0.4, 0.5) is 0 Å². The molecule has 2 rings (SSSR count). The van der Waals surface area contributed by atoms with Crippen molar-refractivity contribution in [1.29, 1.82) is 0 Å². The van der Waals surface area contributed by atoms with Crippen LogP contribution in [0, 0.1) is 6.92 Å². The van der Waals surface area contributed by atoms with Gasteiger partial charge in [0.2, 0.25) is 0 Å². The number of hydrogen-bond donors (Lipinski definition) is 3. The fourth-order valence-electron chi connectivity index (χ4n) is 2.53. The summed E-state index contributed by atoms with van der Waals surface area (Å²) in [7, 11) is -3.76. The molecule has 3 N–H and O–H groups in total. The van der Waals surface area contributed by atoms with E-state index in [9.17, 15) is 13.2 Å². The molecule has 8 heteroatoms. The van der Waals surface area contributed by atoms with Gasteiger partial charge < -0.3 is 10.1 Å². The molecule has 0 atom stereocenters. The first-order valence-electron chi connectivity index (χ1n) is 6.10. The number of carbonyl (C=O) groups is 1. The zero-order valence-electron chi connectivity index (χ0n) is 10.6. The molecule has 0 unspecified atom stereocenters. The second kappa shape index (κ2) is 4.93. The first-order valence-corrected chi connectivity index (χ1v) is 7.59. The Hall–Kier alpha value is -1.41. The van der Waals surface area contributed by atoms with E-state index in [0.717, 1.165) is 12.8 Å². The molecule has 1 fully saturated rings. The summed E-state index contributed by atoms with van der Waals surface area (Å²) >= 11 is 0. The molecule has 0 saturated heterocycles. The van der Waals surface area contributed by atoms with Gasteiger partial charge in [-0.05, 0) is 19.8 Å². The number of nitrogens with zero attached hydrogens (tertiary/aromatic N) is 1. The van der Waals surface area contributed by atoms with E-state index in [2.05, 4.69) is 14.7 Å². The van der Waals surface area contributed by atoms with Crippen LogP contribution in [-0.4, -0.2) is 35.0 Å². The molecular formula is C11H17N3O4S. The molecule has 0 aliphatic heterocycles. The van der Waals surface area contributed by atoms with Crippen molar-refractivity contribution in [3.8, 4) is 0 Å². The van der Waals surface area contributed by atoms with E-state index < -0.39 is 21.5 Å². The molecule has 1 saturated carbocycles. The lowest BCUT2D eigenvalue weighted by Crippen LogP contribution is -2.47. The monoisotopic (exact) mass is 287 g/mol. The van der Waals surface area contributed by atoms with E-state index in [-0.39, 0.29) is 11.4 Å². The predicted molar refractivity (Wildman–Crippen MR) is 67.1 cm³/mol. The van der Waals surface area contributed by atoms with Crippen LogP contribution in [0.15, 0.2) is 11.2 Å². The average molecular weight is 287 g/mol. The topological polar surface area (TPSA) is 112 Å². The van der Waals surface area contributed by atoms with Crippen molar-refractivity contribution in [2.24, 2.45) is 0 Å². The molecule has 106 valence electrons. The Bertz CT molecular complexity index is 573. The fraction of sp³-hybridized carbons (Fsp3) is 0.636. The van der Waals surface area contributed by atoms with Crippen molar-refractivity contribution in [2.45, 2.75) is 49.6 Å². The van der Waals surface area contributed by atoms with Gasteiger partial charge in [-0.3, -0.25) is 4.79 Å². The molecule has 1 aliphatic rings. The number of aromatic amines is 1. The van der Waals surface area contributed by atoms with Gasteiger partial charge in [-0.2, -0.15) is 0 Å². The number of imidazole rings is 1. The summed E-state index contributed by atoms with van der Waals surface area (Å²) in [4.78, 5) is 17.4. The molecule has 0 radical (unpaired) electrons. The smallest absolute Gasteiger partial charge is 0.305 e. The molecule has 0 spiro atoms. The summed E-state index contributed by atoms with van der Waals surface area (Å²) in [6.07, 6.45) is 3.80. The van der Waals surface area contributed by atoms with Crippen LogP contribution < -0.4 is 4.72 Å². The van der Waals surface area contributed by atoms with E-state index in [4.69, 9.17) is 5.11 Å². The van der Waals surface area contributed by atoms with E-state index in [1.165, 1.54) is 6.20 Å². The van der Waals surface area contributed by atoms with Gasteiger partial charge >= 0.3 is 5.97 Å². The highest BCUT2D eigenvalue weighted by Crippen LogP contribution is 2.34. The Morgan fingerprint density at radius 2 is 2.16 bits per heavy atom. The number of aryl methyl sites for hydroxylation is 1. The van der Waals surface area contributed by atoms with Gasteiger partial charge in [0.05, 0.1) is 12.6 Å². The van der Waals surface area contributed by atoms with E-state index in [1.54, 1.807) is 6.92 Å². The minimum Gasteiger partial charge on any atom is -0.481 e. The third kappa shape index (κ3) is 3.13. The number of rotatable bonds is 5. The Morgan fingerprint density at radius 3 is 2.63 bits per heavy atom. The third-order valence-corrected chi connectivity index (χ3v) is 4.86. The number of aromatic nitrogens is 2. The summed E-state index contributed by atoms with van der Waals surface area (Å²) < 4.78 is 27.0. The van der Waals surface area contributed by atoms with Crippen molar-refractivity contribution in [3.63, 3.8) is 0 Å². The van der Waals surface area contributed by atoms with Crippen LogP contribution in [0.5, 0.6) is 0 Å². The van der Waals surface area contributed by atoms with Crippen molar-refractivity contribution in [3.05, 3.63) is 12.0 Å². The zero-order valence-corrected chi connectivity index (χ0v) is 11.5. The predicted octanol–water partition coefficient (Wildman–Crippen LogP) is 0.784. The molecule has 1 heterocycles. The van der Waals surface area contributed by atoms with Gasteiger partial charge in [0.1, 0.15) is 5.82 Å². The number of hydrogen-bond acceptors (Lipinski definition) is 4. The highest BCUT2D eigenvalue weighted by atomic mass is 32.2. The number of carboxylic acids is 1. The SMILES string of the molecule is Cc1ncc(S(=O)(=O)NC2(CC(=O)O)CCCC2)[nH]1. The summed E-state index contributed by atoms with van der Waals surface area (Å²) in [5, 5.41) is 8.93. The molecule has 0 aromatic carbocycles. The first-order chi connectivity index (χ1) is 8.83. The average Bonchev–Trinajstić information content (AvgIpc) is 2.86. The van der Waals surface area contributed by atoms with Crippen LogP contribution in [-0.2, 0) is 14.8 Å². The van der Waals surface area contributed by atoms with E-state index >= 15 is 0 Å². The Morgan fingerprint density at radius 1 is 1.53 bits per heavy atom. The number of carboxylic acid groups (broad SMARTS) is 1. The van der Waals surface area contributed by atoms with Crippen LogP contribution in [0.2, 0.25) is 0 Å². The van der Waals surface area contributed by atoms with Gasteiger partial charge in [-0.1, -0.05) is 12.8 Å². The maximum atomic E-state index is 12.2. The Labute approximate surface area is 111 Å². The third-order valence-electron chi connectivity index (χ3n) is 3.37. The maximum Gasteiger partial charge on any atom is 0.305 e. The van der Waals surface area contributed by atoms with Crippen LogP contribution in [0.25, 0.3) is 0 Å². The number of H-pyrrole nitrogens is 1. The van der Waals surface area contributed by atoms with Gasteiger partial charge in [-0.15, -0.1) is 0 Å². The molecule has 1 aliphatic carbocycles. The summed E-state index contributed by atoms with van der Waals surface area (Å²) in [6.45, 7) is 1.65. The van der Waals surface area contributed by atoms with Crippen molar-refractivity contribution in [2.75, 3.05) is 0 Å². The van der Waals surface area contributed by atoms with Crippen molar-refractivity contribution >= 4 is 16.0 Å². The summed E-state index contributed by atoms with van der Waals surface area (Å²) in [6, 6.07) is 0. The molecule has 0 bridgehead atoms. The standard InChI is InChI=1S/C11H17N3O4S/c1-8-12-7-9(13-8)19(17,18)14-11(6-10(15)16)4-2-3-5-11/h7,14H,2-6H2,1H3,(H,12,13)(H,15,16).